The monoisotopic (exact) mass is 651 g/mol. The summed E-state index contributed by atoms with van der Waals surface area (Å²) < 4.78 is 13.7. The molecular formula is C36H45N7O3Si. The summed E-state index contributed by atoms with van der Waals surface area (Å²) in [5.41, 5.74) is 6.13. The van der Waals surface area contributed by atoms with E-state index in [9.17, 15) is 10.1 Å². The number of urea groups is 1. The molecule has 0 spiro atoms. The number of aryl methyl sites for hydroxylation is 2. The van der Waals surface area contributed by atoms with E-state index in [1.165, 1.54) is 0 Å². The number of hydrogen-bond acceptors (Lipinski definition) is 7. The molecule has 1 saturated heterocycles. The zero-order valence-electron chi connectivity index (χ0n) is 28.7. The molecule has 0 saturated carbocycles. The van der Waals surface area contributed by atoms with Crippen LogP contribution in [0.5, 0.6) is 5.75 Å². The molecule has 2 aromatic carbocycles. The normalized spacial score (nSPS) is 13.6. The van der Waals surface area contributed by atoms with E-state index in [2.05, 4.69) is 45.3 Å². The summed E-state index contributed by atoms with van der Waals surface area (Å²) in [5.74, 6) is 2.10. The molecule has 4 aromatic rings. The second-order valence-electron chi connectivity index (χ2n) is 13.6. The summed E-state index contributed by atoms with van der Waals surface area (Å²) in [5, 5.41) is 17.9. The molecule has 0 atom stereocenters. The Bertz CT molecular complexity index is 1790. The molecule has 1 N–H and O–H groups in total. The first-order valence-corrected chi connectivity index (χ1v) is 18.9. The molecule has 2 amide bonds. The highest BCUT2D eigenvalue weighted by molar-refractivity contribution is 6.74. The zero-order valence-corrected chi connectivity index (χ0v) is 29.7. The average molecular weight is 652 g/mol. The number of hydrogen-bond donors (Lipinski definition) is 1. The number of methoxy groups -OCH3 is 1. The van der Waals surface area contributed by atoms with Crippen molar-refractivity contribution >= 4 is 31.7 Å². The molecule has 10 nitrogen and oxygen atoms in total. The smallest absolute Gasteiger partial charge is 0.326 e. The fourth-order valence-electron chi connectivity index (χ4n) is 5.35. The summed E-state index contributed by atoms with van der Waals surface area (Å²) in [6.07, 6.45) is 2.51. The van der Waals surface area contributed by atoms with Crippen molar-refractivity contribution in [1.29, 1.82) is 5.26 Å². The molecule has 1 aliphatic heterocycles. The molecule has 0 bridgehead atoms. The summed E-state index contributed by atoms with van der Waals surface area (Å²) >= 11 is 0. The van der Waals surface area contributed by atoms with E-state index in [4.69, 9.17) is 19.2 Å². The Hall–Kier alpha value is -4.66. The number of benzene rings is 2. The Morgan fingerprint density at radius 3 is 2.45 bits per heavy atom. The topological polar surface area (TPSA) is 109 Å². The summed E-state index contributed by atoms with van der Waals surface area (Å²) in [4.78, 5) is 22.0. The van der Waals surface area contributed by atoms with Crippen LogP contribution in [0.1, 0.15) is 48.7 Å². The standard InChI is InChI=1S/C36H45N7O3Si/c1-25-21-28(23-37)11-14-31(25)39-34-30(16-20-46-47(7,8)36(3,4)5)32(22-26(2)38-34)43-17-15-33(40-43)42-19-18-41(35(42)44)24-27-9-12-29(45-6)13-10-27/h9-15,17,21-22H,16,18-20,24H2,1-8H3,(H,38,39). The molecule has 0 aliphatic carbocycles. The van der Waals surface area contributed by atoms with Crippen molar-refractivity contribution in [2.24, 2.45) is 0 Å². The van der Waals surface area contributed by atoms with E-state index in [1.807, 2.05) is 78.2 Å². The SMILES string of the molecule is COc1ccc(CN2CCN(c3ccn(-c4cc(C)nc(Nc5ccc(C#N)cc5C)c4CCO[Si](C)(C)C(C)(C)C)n3)C2=O)cc1. The van der Waals surface area contributed by atoms with E-state index in [1.54, 1.807) is 18.1 Å². The van der Waals surface area contributed by atoms with Gasteiger partial charge < -0.3 is 19.4 Å². The molecule has 1 aliphatic rings. The Kier molecular flexibility index (Phi) is 9.75. The van der Waals surface area contributed by atoms with Crippen LogP contribution in [0.15, 0.2) is 60.8 Å². The number of rotatable bonds is 11. The maximum absolute atomic E-state index is 13.5. The molecule has 2 aromatic heterocycles. The number of amides is 2. The second kappa shape index (κ2) is 13.6. The van der Waals surface area contributed by atoms with Crippen molar-refractivity contribution in [2.75, 3.05) is 37.0 Å². The van der Waals surface area contributed by atoms with Gasteiger partial charge in [-0.05, 0) is 79.5 Å². The quantitative estimate of drug-likeness (QED) is 0.167. The van der Waals surface area contributed by atoms with Crippen LogP contribution in [-0.4, -0.2) is 60.8 Å². The van der Waals surface area contributed by atoms with E-state index in [0.29, 0.717) is 49.9 Å². The van der Waals surface area contributed by atoms with Crippen molar-refractivity contribution in [2.45, 2.75) is 65.7 Å². The summed E-state index contributed by atoms with van der Waals surface area (Å²) in [7, 11) is -0.346. The third kappa shape index (κ3) is 7.50. The highest BCUT2D eigenvalue weighted by atomic mass is 28.4. The minimum absolute atomic E-state index is 0.0707. The second-order valence-corrected chi connectivity index (χ2v) is 18.4. The lowest BCUT2D eigenvalue weighted by Crippen LogP contribution is -2.41. The molecule has 47 heavy (non-hydrogen) atoms. The number of nitriles is 1. The molecule has 0 radical (unpaired) electrons. The van der Waals surface area contributed by atoms with Gasteiger partial charge in [-0.15, -0.1) is 5.10 Å². The first-order chi connectivity index (χ1) is 22.3. The lowest BCUT2D eigenvalue weighted by molar-refractivity contribution is 0.218. The van der Waals surface area contributed by atoms with Crippen molar-refractivity contribution < 1.29 is 14.0 Å². The van der Waals surface area contributed by atoms with Gasteiger partial charge in [0.25, 0.3) is 0 Å². The molecule has 0 unspecified atom stereocenters. The Labute approximate surface area is 279 Å². The fraction of sp³-hybridized carbons (Fsp3) is 0.389. The van der Waals surface area contributed by atoms with Crippen molar-refractivity contribution in [3.8, 4) is 17.5 Å². The maximum Gasteiger partial charge on any atom is 0.326 e. The van der Waals surface area contributed by atoms with E-state index in [0.717, 1.165) is 39.5 Å². The Balaban J connectivity index is 1.44. The van der Waals surface area contributed by atoms with Crippen LogP contribution in [0.25, 0.3) is 5.69 Å². The van der Waals surface area contributed by atoms with Crippen molar-refractivity contribution in [3.63, 3.8) is 0 Å². The zero-order chi connectivity index (χ0) is 33.9. The fourth-order valence-corrected chi connectivity index (χ4v) is 6.39. The summed E-state index contributed by atoms with van der Waals surface area (Å²) in [6.45, 7) is 17.4. The van der Waals surface area contributed by atoms with Gasteiger partial charge >= 0.3 is 6.03 Å². The third-order valence-electron chi connectivity index (χ3n) is 9.18. The first kappa shape index (κ1) is 33.7. The van der Waals surface area contributed by atoms with E-state index < -0.39 is 8.32 Å². The number of nitrogens with zero attached hydrogens (tertiary/aromatic N) is 6. The first-order valence-electron chi connectivity index (χ1n) is 16.0. The number of anilines is 3. The van der Waals surface area contributed by atoms with Gasteiger partial charge in [-0.25, -0.2) is 14.5 Å². The van der Waals surface area contributed by atoms with E-state index >= 15 is 0 Å². The van der Waals surface area contributed by atoms with E-state index in [-0.39, 0.29) is 11.1 Å². The Morgan fingerprint density at radius 1 is 1.04 bits per heavy atom. The Morgan fingerprint density at radius 2 is 1.79 bits per heavy atom. The molecule has 11 heteroatoms. The average Bonchev–Trinajstić information content (AvgIpc) is 3.65. The van der Waals surface area contributed by atoms with Gasteiger partial charge in [-0.3, -0.25) is 4.90 Å². The van der Waals surface area contributed by atoms with Crippen molar-refractivity contribution in [3.05, 3.63) is 88.7 Å². The van der Waals surface area contributed by atoms with Crippen molar-refractivity contribution in [1.82, 2.24) is 19.7 Å². The van der Waals surface area contributed by atoms with Gasteiger partial charge in [0, 0.05) is 61.9 Å². The molecule has 3 heterocycles. The molecule has 5 rings (SSSR count). The van der Waals surface area contributed by atoms with Gasteiger partial charge in [0.1, 0.15) is 11.6 Å². The van der Waals surface area contributed by atoms with Crippen LogP contribution in [0.3, 0.4) is 0 Å². The molecule has 246 valence electrons. The number of aromatic nitrogens is 3. The van der Waals surface area contributed by atoms with Crippen LogP contribution in [0.2, 0.25) is 18.1 Å². The number of pyridine rings is 1. The summed E-state index contributed by atoms with van der Waals surface area (Å²) in [6, 6.07) is 19.4. The van der Waals surface area contributed by atoms with Gasteiger partial charge in [0.2, 0.25) is 0 Å². The largest absolute Gasteiger partial charge is 0.497 e. The van der Waals surface area contributed by atoms with Crippen LogP contribution in [0, 0.1) is 25.2 Å². The molecule has 1 fully saturated rings. The van der Waals surface area contributed by atoms with Crippen LogP contribution >= 0.6 is 0 Å². The number of ether oxygens (including phenoxy) is 1. The van der Waals surface area contributed by atoms with Gasteiger partial charge in [0.15, 0.2) is 14.1 Å². The van der Waals surface area contributed by atoms with Gasteiger partial charge in [-0.1, -0.05) is 32.9 Å². The number of carbonyl (C=O) groups is 1. The lowest BCUT2D eigenvalue weighted by atomic mass is 10.1. The predicted molar refractivity (Wildman–Crippen MR) is 188 cm³/mol. The van der Waals surface area contributed by atoms with Crippen LogP contribution in [-0.2, 0) is 17.4 Å². The predicted octanol–water partition coefficient (Wildman–Crippen LogP) is 7.51. The highest BCUT2D eigenvalue weighted by Gasteiger charge is 2.37. The van der Waals surface area contributed by atoms with Crippen LogP contribution < -0.4 is 15.0 Å². The lowest BCUT2D eigenvalue weighted by Gasteiger charge is -2.36. The third-order valence-corrected chi connectivity index (χ3v) is 13.7. The number of nitrogens with one attached hydrogen (secondary N) is 1. The van der Waals surface area contributed by atoms with Gasteiger partial charge in [-0.2, -0.15) is 5.26 Å². The van der Waals surface area contributed by atoms with Gasteiger partial charge in [0.05, 0.1) is 24.4 Å². The van der Waals surface area contributed by atoms with Crippen LogP contribution in [0.4, 0.5) is 22.1 Å². The molecular weight excluding hydrogens is 607 g/mol. The maximum atomic E-state index is 13.5. The highest BCUT2D eigenvalue weighted by Crippen LogP contribution is 2.37. The minimum atomic E-state index is -1.99. The number of carbonyl (C=O) groups excluding carboxylic acids is 1. The minimum Gasteiger partial charge on any atom is -0.497 e.